The Balaban J connectivity index is 1.61. The molecule has 0 saturated carbocycles. The maximum atomic E-state index is 11.8. The van der Waals surface area contributed by atoms with E-state index in [-0.39, 0.29) is 12.0 Å². The second-order valence-corrected chi connectivity index (χ2v) is 5.76. The van der Waals surface area contributed by atoms with Crippen LogP contribution in [0.25, 0.3) is 0 Å². The van der Waals surface area contributed by atoms with Gasteiger partial charge in [0.2, 0.25) is 0 Å². The number of carbonyl (C=O) groups excluding carboxylic acids is 1. The molecule has 2 aromatic rings. The van der Waals surface area contributed by atoms with E-state index in [1.807, 2.05) is 36.4 Å². The molecule has 1 saturated heterocycles. The number of anilines is 1. The van der Waals surface area contributed by atoms with E-state index in [0.717, 1.165) is 31.1 Å². The molecule has 0 bridgehead atoms. The zero-order valence-electron chi connectivity index (χ0n) is 13.3. The monoisotopic (exact) mass is 312 g/mol. The predicted molar refractivity (Wildman–Crippen MR) is 87.7 cm³/mol. The van der Waals surface area contributed by atoms with Gasteiger partial charge in [-0.2, -0.15) is 0 Å². The summed E-state index contributed by atoms with van der Waals surface area (Å²) in [5, 5.41) is 8.21. The van der Waals surface area contributed by atoms with E-state index in [9.17, 15) is 4.79 Å². The summed E-state index contributed by atoms with van der Waals surface area (Å²) < 4.78 is 5.97. The molecule has 0 aliphatic carbocycles. The highest BCUT2D eigenvalue weighted by Crippen LogP contribution is 2.21. The maximum Gasteiger partial charge on any atom is 0.273 e. The van der Waals surface area contributed by atoms with Crippen LogP contribution >= 0.6 is 0 Å². The SMILES string of the molecule is CN(C)C(=O)c1ccc(N2CC[C@@H](Oc3ccccc3)C2)nn1. The molecule has 1 fully saturated rings. The van der Waals surface area contributed by atoms with E-state index in [4.69, 9.17) is 4.74 Å². The quantitative estimate of drug-likeness (QED) is 0.862. The highest BCUT2D eigenvalue weighted by molar-refractivity contribution is 5.91. The van der Waals surface area contributed by atoms with Crippen LogP contribution in [0.15, 0.2) is 42.5 Å². The van der Waals surface area contributed by atoms with Gasteiger partial charge in [0.1, 0.15) is 11.9 Å². The zero-order valence-corrected chi connectivity index (χ0v) is 13.3. The van der Waals surface area contributed by atoms with E-state index in [1.165, 1.54) is 4.90 Å². The molecule has 1 atom stereocenters. The average molecular weight is 312 g/mol. The van der Waals surface area contributed by atoms with Crippen molar-refractivity contribution in [1.82, 2.24) is 15.1 Å². The Morgan fingerprint density at radius 1 is 1.17 bits per heavy atom. The largest absolute Gasteiger partial charge is 0.489 e. The molecule has 0 N–H and O–H groups in total. The van der Waals surface area contributed by atoms with Gasteiger partial charge in [-0.1, -0.05) is 18.2 Å². The Morgan fingerprint density at radius 2 is 1.96 bits per heavy atom. The molecule has 6 nitrogen and oxygen atoms in total. The summed E-state index contributed by atoms with van der Waals surface area (Å²) in [5.74, 6) is 1.52. The first-order chi connectivity index (χ1) is 11.1. The molecule has 120 valence electrons. The smallest absolute Gasteiger partial charge is 0.273 e. The van der Waals surface area contributed by atoms with Gasteiger partial charge >= 0.3 is 0 Å². The lowest BCUT2D eigenvalue weighted by Gasteiger charge is -2.18. The van der Waals surface area contributed by atoms with Gasteiger partial charge in [0.15, 0.2) is 11.5 Å². The van der Waals surface area contributed by atoms with Gasteiger partial charge in [-0.25, -0.2) is 0 Å². The molecule has 2 heterocycles. The fraction of sp³-hybridized carbons (Fsp3) is 0.353. The molecule has 0 spiro atoms. The van der Waals surface area contributed by atoms with E-state index in [1.54, 1.807) is 20.2 Å². The van der Waals surface area contributed by atoms with Gasteiger partial charge < -0.3 is 14.5 Å². The van der Waals surface area contributed by atoms with Crippen molar-refractivity contribution >= 4 is 11.7 Å². The Labute approximate surface area is 135 Å². The molecule has 23 heavy (non-hydrogen) atoms. The molecule has 6 heteroatoms. The van der Waals surface area contributed by atoms with Crippen molar-refractivity contribution in [2.75, 3.05) is 32.1 Å². The number of benzene rings is 1. The van der Waals surface area contributed by atoms with Crippen LogP contribution in [0.3, 0.4) is 0 Å². The third-order valence-electron chi connectivity index (χ3n) is 3.79. The van der Waals surface area contributed by atoms with Crippen LogP contribution in [0.1, 0.15) is 16.9 Å². The third kappa shape index (κ3) is 3.59. The lowest BCUT2D eigenvalue weighted by molar-refractivity contribution is 0.0821. The summed E-state index contributed by atoms with van der Waals surface area (Å²) >= 11 is 0. The first-order valence-electron chi connectivity index (χ1n) is 7.65. The second kappa shape index (κ2) is 6.64. The van der Waals surface area contributed by atoms with E-state index >= 15 is 0 Å². The van der Waals surface area contributed by atoms with Crippen molar-refractivity contribution in [3.63, 3.8) is 0 Å². The minimum Gasteiger partial charge on any atom is -0.489 e. The summed E-state index contributed by atoms with van der Waals surface area (Å²) in [5.41, 5.74) is 0.357. The first kappa shape index (κ1) is 15.3. The maximum absolute atomic E-state index is 11.8. The third-order valence-corrected chi connectivity index (χ3v) is 3.79. The van der Waals surface area contributed by atoms with Crippen molar-refractivity contribution in [2.45, 2.75) is 12.5 Å². The Hall–Kier alpha value is -2.63. The zero-order chi connectivity index (χ0) is 16.2. The van der Waals surface area contributed by atoms with Crippen LogP contribution in [0, 0.1) is 0 Å². The molecule has 1 aliphatic rings. The molecule has 1 amide bonds. The minimum absolute atomic E-state index is 0.141. The van der Waals surface area contributed by atoms with Gasteiger partial charge in [0, 0.05) is 27.1 Å². The topological polar surface area (TPSA) is 58.6 Å². The van der Waals surface area contributed by atoms with Gasteiger partial charge in [-0.3, -0.25) is 4.79 Å². The summed E-state index contributed by atoms with van der Waals surface area (Å²) in [6.45, 7) is 1.64. The summed E-state index contributed by atoms with van der Waals surface area (Å²) in [6.07, 6.45) is 1.08. The minimum atomic E-state index is -0.143. The molecule has 0 radical (unpaired) electrons. The molecule has 1 aliphatic heterocycles. The van der Waals surface area contributed by atoms with Crippen molar-refractivity contribution in [3.8, 4) is 5.75 Å². The molecule has 0 unspecified atom stereocenters. The van der Waals surface area contributed by atoms with E-state index in [2.05, 4.69) is 15.1 Å². The number of hydrogen-bond donors (Lipinski definition) is 0. The molecule has 1 aromatic carbocycles. The van der Waals surface area contributed by atoms with Crippen LogP contribution in [-0.2, 0) is 0 Å². The number of aromatic nitrogens is 2. The molecular weight excluding hydrogens is 292 g/mol. The van der Waals surface area contributed by atoms with Crippen LogP contribution in [0.5, 0.6) is 5.75 Å². The number of rotatable bonds is 4. The fourth-order valence-corrected chi connectivity index (χ4v) is 2.56. The van der Waals surface area contributed by atoms with Crippen molar-refractivity contribution < 1.29 is 9.53 Å². The van der Waals surface area contributed by atoms with Crippen LogP contribution in [0.4, 0.5) is 5.82 Å². The summed E-state index contributed by atoms with van der Waals surface area (Å²) in [7, 11) is 3.40. The molecular formula is C17H20N4O2. The molecule has 1 aromatic heterocycles. The number of ether oxygens (including phenoxy) is 1. The number of carbonyl (C=O) groups is 1. The Morgan fingerprint density at radius 3 is 2.61 bits per heavy atom. The highest BCUT2D eigenvalue weighted by Gasteiger charge is 2.25. The standard InChI is InChI=1S/C17H20N4O2/c1-20(2)17(22)15-8-9-16(19-18-15)21-11-10-14(12-21)23-13-6-4-3-5-7-13/h3-9,14H,10-12H2,1-2H3/t14-/m1/s1. The van der Waals surface area contributed by atoms with Crippen LogP contribution in [-0.4, -0.2) is 54.3 Å². The number of amides is 1. The average Bonchev–Trinajstić information content (AvgIpc) is 3.03. The van der Waals surface area contributed by atoms with Gasteiger partial charge in [-0.15, -0.1) is 10.2 Å². The van der Waals surface area contributed by atoms with E-state index in [0.29, 0.717) is 5.69 Å². The van der Waals surface area contributed by atoms with Crippen LogP contribution < -0.4 is 9.64 Å². The van der Waals surface area contributed by atoms with E-state index < -0.39 is 0 Å². The highest BCUT2D eigenvalue weighted by atomic mass is 16.5. The predicted octanol–water partition coefficient (Wildman–Crippen LogP) is 1.84. The summed E-state index contributed by atoms with van der Waals surface area (Å²) in [4.78, 5) is 15.4. The Kier molecular flexibility index (Phi) is 4.41. The fourth-order valence-electron chi connectivity index (χ4n) is 2.56. The van der Waals surface area contributed by atoms with Crippen molar-refractivity contribution in [2.24, 2.45) is 0 Å². The van der Waals surface area contributed by atoms with Crippen LogP contribution in [0.2, 0.25) is 0 Å². The number of hydrogen-bond acceptors (Lipinski definition) is 5. The normalized spacial score (nSPS) is 17.1. The number of para-hydroxylation sites is 1. The molecule has 3 rings (SSSR count). The van der Waals surface area contributed by atoms with Crippen molar-refractivity contribution in [1.29, 1.82) is 0 Å². The second-order valence-electron chi connectivity index (χ2n) is 5.76. The Bertz CT molecular complexity index is 658. The number of nitrogens with zero attached hydrogens (tertiary/aromatic N) is 4. The van der Waals surface area contributed by atoms with Crippen molar-refractivity contribution in [3.05, 3.63) is 48.2 Å². The lowest BCUT2D eigenvalue weighted by Crippen LogP contribution is -2.26. The van der Waals surface area contributed by atoms with Gasteiger partial charge in [0.05, 0.1) is 6.54 Å². The van der Waals surface area contributed by atoms with Gasteiger partial charge in [-0.05, 0) is 24.3 Å². The summed E-state index contributed by atoms with van der Waals surface area (Å²) in [6, 6.07) is 13.4. The lowest BCUT2D eigenvalue weighted by atomic mass is 10.3. The van der Waals surface area contributed by atoms with Gasteiger partial charge in [0.25, 0.3) is 5.91 Å². The first-order valence-corrected chi connectivity index (χ1v) is 7.65.